The van der Waals surface area contributed by atoms with Gasteiger partial charge in [0.05, 0.1) is 5.56 Å². The standard InChI is InChI=1S/C20H17O2P/c21-20(22)19-14-8-7-9-16(19)15-23(17-10-3-1-4-11-17)18-12-5-2-6-13-18/h1-14H,15H2,(H,21,22). The summed E-state index contributed by atoms with van der Waals surface area (Å²) in [5.41, 5.74) is 1.28. The Bertz CT molecular complexity index is 746. The van der Waals surface area contributed by atoms with Gasteiger partial charge >= 0.3 is 5.97 Å². The van der Waals surface area contributed by atoms with Crippen molar-refractivity contribution in [3.05, 3.63) is 96.1 Å². The van der Waals surface area contributed by atoms with Gasteiger partial charge in [-0.25, -0.2) is 4.79 Å². The summed E-state index contributed by atoms with van der Waals surface area (Å²) < 4.78 is 0. The number of carboxylic acid groups (broad SMARTS) is 1. The van der Waals surface area contributed by atoms with Crippen LogP contribution in [0.15, 0.2) is 84.9 Å². The van der Waals surface area contributed by atoms with E-state index in [1.165, 1.54) is 10.6 Å². The molecule has 0 unspecified atom stereocenters. The highest BCUT2D eigenvalue weighted by Crippen LogP contribution is 2.38. The van der Waals surface area contributed by atoms with Crippen molar-refractivity contribution in [1.82, 2.24) is 0 Å². The Balaban J connectivity index is 2.02. The van der Waals surface area contributed by atoms with Crippen LogP contribution < -0.4 is 10.6 Å². The summed E-state index contributed by atoms with van der Waals surface area (Å²) in [6.07, 6.45) is 0.728. The maximum atomic E-state index is 11.5. The smallest absolute Gasteiger partial charge is 0.335 e. The van der Waals surface area contributed by atoms with Crippen LogP contribution in [-0.4, -0.2) is 11.1 Å². The molecule has 0 heterocycles. The molecule has 1 N–H and O–H groups in total. The van der Waals surface area contributed by atoms with Crippen LogP contribution in [0.25, 0.3) is 0 Å². The number of hydrogen-bond donors (Lipinski definition) is 1. The zero-order chi connectivity index (χ0) is 16.1. The zero-order valence-corrected chi connectivity index (χ0v) is 13.5. The Morgan fingerprint density at radius 3 is 1.74 bits per heavy atom. The lowest BCUT2D eigenvalue weighted by atomic mass is 10.1. The molecule has 0 aliphatic carbocycles. The molecule has 0 spiro atoms. The number of aromatic carboxylic acids is 1. The quantitative estimate of drug-likeness (QED) is 0.721. The Kier molecular flexibility index (Phi) is 4.85. The lowest BCUT2D eigenvalue weighted by Crippen LogP contribution is -2.14. The zero-order valence-electron chi connectivity index (χ0n) is 12.6. The Morgan fingerprint density at radius 2 is 1.22 bits per heavy atom. The Morgan fingerprint density at radius 1 is 0.739 bits per heavy atom. The average Bonchev–Trinajstić information content (AvgIpc) is 2.61. The third-order valence-electron chi connectivity index (χ3n) is 3.71. The first-order valence-corrected chi connectivity index (χ1v) is 8.97. The van der Waals surface area contributed by atoms with E-state index >= 15 is 0 Å². The van der Waals surface area contributed by atoms with Crippen LogP contribution in [0.2, 0.25) is 0 Å². The molecule has 0 radical (unpaired) electrons. The van der Waals surface area contributed by atoms with E-state index in [-0.39, 0.29) is 0 Å². The van der Waals surface area contributed by atoms with Gasteiger partial charge in [0.15, 0.2) is 0 Å². The lowest BCUT2D eigenvalue weighted by molar-refractivity contribution is 0.0696. The summed E-state index contributed by atoms with van der Waals surface area (Å²) in [5.74, 6) is -0.864. The van der Waals surface area contributed by atoms with Gasteiger partial charge in [0, 0.05) is 6.16 Å². The normalized spacial score (nSPS) is 10.7. The summed E-state index contributed by atoms with van der Waals surface area (Å²) >= 11 is 0. The highest BCUT2D eigenvalue weighted by molar-refractivity contribution is 7.72. The van der Waals surface area contributed by atoms with Gasteiger partial charge in [-0.2, -0.15) is 0 Å². The Labute approximate surface area is 137 Å². The van der Waals surface area contributed by atoms with Crippen LogP contribution in [0.1, 0.15) is 15.9 Å². The van der Waals surface area contributed by atoms with Crippen molar-refractivity contribution in [1.29, 1.82) is 0 Å². The van der Waals surface area contributed by atoms with Crippen LogP contribution in [0.4, 0.5) is 0 Å². The summed E-state index contributed by atoms with van der Waals surface area (Å²) in [6, 6.07) is 28.0. The third kappa shape index (κ3) is 3.67. The molecule has 0 saturated carbocycles. The topological polar surface area (TPSA) is 37.3 Å². The highest BCUT2D eigenvalue weighted by Gasteiger charge is 2.17. The molecular formula is C20H17O2P. The fourth-order valence-corrected chi connectivity index (χ4v) is 4.93. The second-order valence-corrected chi connectivity index (χ2v) is 7.42. The molecule has 23 heavy (non-hydrogen) atoms. The molecule has 114 valence electrons. The van der Waals surface area contributed by atoms with E-state index in [1.807, 2.05) is 48.5 Å². The van der Waals surface area contributed by atoms with Gasteiger partial charge in [-0.15, -0.1) is 0 Å². The van der Waals surface area contributed by atoms with E-state index in [0.29, 0.717) is 5.56 Å². The third-order valence-corrected chi connectivity index (χ3v) is 6.21. The van der Waals surface area contributed by atoms with E-state index in [4.69, 9.17) is 0 Å². The number of hydrogen-bond acceptors (Lipinski definition) is 1. The van der Waals surface area contributed by atoms with Crippen molar-refractivity contribution in [3.63, 3.8) is 0 Å². The van der Waals surface area contributed by atoms with Gasteiger partial charge < -0.3 is 5.11 Å². The molecule has 0 bridgehead atoms. The van der Waals surface area contributed by atoms with E-state index in [9.17, 15) is 9.90 Å². The van der Waals surface area contributed by atoms with E-state index in [0.717, 1.165) is 11.7 Å². The van der Waals surface area contributed by atoms with E-state index in [1.54, 1.807) is 12.1 Å². The molecule has 0 atom stereocenters. The number of benzene rings is 3. The number of carbonyl (C=O) groups is 1. The predicted molar refractivity (Wildman–Crippen MR) is 96.2 cm³/mol. The van der Waals surface area contributed by atoms with E-state index in [2.05, 4.69) is 24.3 Å². The molecular weight excluding hydrogens is 303 g/mol. The van der Waals surface area contributed by atoms with Crippen molar-refractivity contribution in [2.75, 3.05) is 0 Å². The highest BCUT2D eigenvalue weighted by atomic mass is 31.1. The molecule has 0 saturated heterocycles. The average molecular weight is 320 g/mol. The fraction of sp³-hybridized carbons (Fsp3) is 0.0500. The molecule has 0 aliphatic heterocycles. The lowest BCUT2D eigenvalue weighted by Gasteiger charge is -2.19. The summed E-state index contributed by atoms with van der Waals surface area (Å²) in [7, 11) is -0.631. The number of carboxylic acids is 1. The summed E-state index contributed by atoms with van der Waals surface area (Å²) in [5, 5.41) is 11.9. The monoisotopic (exact) mass is 320 g/mol. The molecule has 2 nitrogen and oxygen atoms in total. The number of rotatable bonds is 5. The molecule has 3 heteroatoms. The molecule has 0 aliphatic rings. The van der Waals surface area contributed by atoms with Crippen LogP contribution in [0.5, 0.6) is 0 Å². The van der Waals surface area contributed by atoms with Gasteiger partial charge in [-0.05, 0) is 30.2 Å². The molecule has 0 aromatic heterocycles. The second-order valence-electron chi connectivity index (χ2n) is 5.22. The minimum Gasteiger partial charge on any atom is -0.478 e. The first-order valence-electron chi connectivity index (χ1n) is 7.44. The van der Waals surface area contributed by atoms with Gasteiger partial charge in [0.25, 0.3) is 0 Å². The van der Waals surface area contributed by atoms with Gasteiger partial charge in [0.1, 0.15) is 0 Å². The van der Waals surface area contributed by atoms with Gasteiger partial charge in [-0.1, -0.05) is 78.9 Å². The second kappa shape index (κ2) is 7.21. The van der Waals surface area contributed by atoms with E-state index < -0.39 is 13.9 Å². The van der Waals surface area contributed by atoms with Crippen LogP contribution in [0.3, 0.4) is 0 Å². The van der Waals surface area contributed by atoms with Crippen LogP contribution >= 0.6 is 7.92 Å². The van der Waals surface area contributed by atoms with Gasteiger partial charge in [-0.3, -0.25) is 0 Å². The maximum absolute atomic E-state index is 11.5. The first-order chi connectivity index (χ1) is 11.3. The first kappa shape index (κ1) is 15.5. The van der Waals surface area contributed by atoms with Crippen molar-refractivity contribution >= 4 is 24.5 Å². The summed E-state index contributed by atoms with van der Waals surface area (Å²) in [4.78, 5) is 11.5. The van der Waals surface area contributed by atoms with Crippen molar-refractivity contribution < 1.29 is 9.90 Å². The van der Waals surface area contributed by atoms with Crippen LogP contribution in [0, 0.1) is 0 Å². The molecule has 3 aromatic carbocycles. The molecule has 0 fully saturated rings. The summed E-state index contributed by atoms with van der Waals surface area (Å²) in [6.45, 7) is 0. The maximum Gasteiger partial charge on any atom is 0.335 e. The van der Waals surface area contributed by atoms with Crippen molar-refractivity contribution in [2.45, 2.75) is 6.16 Å². The molecule has 0 amide bonds. The van der Waals surface area contributed by atoms with Gasteiger partial charge in [0.2, 0.25) is 0 Å². The fourth-order valence-electron chi connectivity index (χ4n) is 2.58. The SMILES string of the molecule is O=C(O)c1ccccc1CP(c1ccccc1)c1ccccc1. The Hall–Kier alpha value is -2.44. The van der Waals surface area contributed by atoms with Crippen molar-refractivity contribution in [2.24, 2.45) is 0 Å². The predicted octanol–water partition coefficient (Wildman–Crippen LogP) is 4.02. The largest absolute Gasteiger partial charge is 0.478 e. The minimum atomic E-state index is -0.864. The molecule has 3 aromatic rings. The minimum absolute atomic E-state index is 0.395. The molecule has 3 rings (SSSR count). The van der Waals surface area contributed by atoms with Crippen LogP contribution in [-0.2, 0) is 6.16 Å². The van der Waals surface area contributed by atoms with Crippen molar-refractivity contribution in [3.8, 4) is 0 Å².